The van der Waals surface area contributed by atoms with Crippen molar-refractivity contribution in [2.75, 3.05) is 13.7 Å². The largest absolute Gasteiger partial charge is 0.508 e. The fourth-order valence-electron chi connectivity index (χ4n) is 3.26. The molecule has 31 heavy (non-hydrogen) atoms. The van der Waals surface area contributed by atoms with Crippen LogP contribution in [0.4, 0.5) is 0 Å². The third kappa shape index (κ3) is 7.62. The Bertz CT molecular complexity index is 829. The zero-order valence-electron chi connectivity index (χ0n) is 18.3. The summed E-state index contributed by atoms with van der Waals surface area (Å²) in [5.41, 5.74) is 0.938. The molecule has 2 N–H and O–H groups in total. The van der Waals surface area contributed by atoms with E-state index in [1.165, 1.54) is 13.2 Å². The molecule has 1 aromatic carbocycles. The minimum atomic E-state index is -0.661. The Kier molecular flexibility index (Phi) is 9.37. The maximum Gasteiger partial charge on any atom is 0.346 e. The van der Waals surface area contributed by atoms with E-state index in [0.717, 1.165) is 25.3 Å². The third-order valence-corrected chi connectivity index (χ3v) is 5.01. The zero-order chi connectivity index (χ0) is 22.8. The summed E-state index contributed by atoms with van der Waals surface area (Å²) >= 11 is 0. The second-order valence-corrected chi connectivity index (χ2v) is 7.82. The lowest BCUT2D eigenvalue weighted by molar-refractivity contribution is -0.145. The summed E-state index contributed by atoms with van der Waals surface area (Å²) in [6.07, 6.45) is 7.67. The van der Waals surface area contributed by atoms with Gasteiger partial charge in [-0.3, -0.25) is 0 Å². The third-order valence-electron chi connectivity index (χ3n) is 5.01. The maximum absolute atomic E-state index is 13.0. The van der Waals surface area contributed by atoms with Gasteiger partial charge in [0.05, 0.1) is 12.8 Å². The molecule has 0 fully saturated rings. The Labute approximate surface area is 182 Å². The van der Waals surface area contributed by atoms with Crippen LogP contribution in [-0.4, -0.2) is 47.7 Å². The predicted octanol–water partition coefficient (Wildman–Crippen LogP) is 3.89. The molecule has 0 amide bonds. The number of hydrogen-bond donors (Lipinski definition) is 2. The fourth-order valence-corrected chi connectivity index (χ4v) is 3.26. The number of carbonyl (C=O) groups excluding carboxylic acids is 2. The number of hydrogen-bond acceptors (Lipinski definition) is 8. The first-order chi connectivity index (χ1) is 14.8. The van der Waals surface area contributed by atoms with Crippen LogP contribution in [0.1, 0.15) is 61.9 Å². The van der Waals surface area contributed by atoms with Crippen molar-refractivity contribution in [1.29, 1.82) is 0 Å². The number of rotatable bonds is 4. The molecule has 0 saturated carbocycles. The molecule has 8 heteroatoms. The van der Waals surface area contributed by atoms with Crippen molar-refractivity contribution in [2.45, 2.75) is 58.5 Å². The Morgan fingerprint density at radius 3 is 2.74 bits per heavy atom. The number of aromatic hydroxyl groups is 2. The minimum Gasteiger partial charge on any atom is -0.508 e. The van der Waals surface area contributed by atoms with Crippen LogP contribution in [0.25, 0.3) is 0 Å². The number of benzene rings is 1. The van der Waals surface area contributed by atoms with Crippen molar-refractivity contribution >= 4 is 17.7 Å². The molecule has 0 bridgehead atoms. The van der Waals surface area contributed by atoms with Crippen LogP contribution in [0.2, 0.25) is 0 Å². The number of allylic oxidation sites excluding steroid dienone is 1. The molecule has 2 rings (SSSR count). The van der Waals surface area contributed by atoms with Gasteiger partial charge in [-0.2, -0.15) is 0 Å². The predicted molar refractivity (Wildman–Crippen MR) is 115 cm³/mol. The molecule has 0 unspecified atom stereocenters. The van der Waals surface area contributed by atoms with Crippen molar-refractivity contribution in [3.05, 3.63) is 35.4 Å². The molecule has 1 atom stereocenters. The average molecular weight is 434 g/mol. The van der Waals surface area contributed by atoms with E-state index in [1.54, 1.807) is 0 Å². The number of ether oxygens (including phenoxy) is 2. The van der Waals surface area contributed by atoms with Crippen LogP contribution >= 0.6 is 0 Å². The van der Waals surface area contributed by atoms with E-state index >= 15 is 0 Å². The maximum atomic E-state index is 13.0. The number of methoxy groups -OCH3 is 1. The molecule has 0 spiro atoms. The molecule has 1 aliphatic rings. The van der Waals surface area contributed by atoms with E-state index in [4.69, 9.17) is 9.57 Å². The summed E-state index contributed by atoms with van der Waals surface area (Å²) in [7, 11) is 1.26. The Morgan fingerprint density at radius 1 is 1.26 bits per heavy atom. The number of phenolic OH excluding ortho intramolecular Hbond substituents is 2. The Morgan fingerprint density at radius 2 is 2.03 bits per heavy atom. The molecule has 0 aliphatic carbocycles. The highest BCUT2D eigenvalue weighted by Gasteiger charge is 2.25. The van der Waals surface area contributed by atoms with Crippen molar-refractivity contribution in [3.8, 4) is 11.5 Å². The molecular formula is C23H31NO7. The number of esters is 2. The standard InChI is InChI=1S/C23H31NO7/c1-15(2)20-10-8-6-4-5-7-9-17(24-30-14-21(27)29-3)11-16-12-18(25)13-19(26)22(16)23(28)31-20/h6,8,12-13,15,20,25-26H,4-5,7,9-11,14H2,1-3H3/b8-6+,24-17+/t20-/m0/s1. The highest BCUT2D eigenvalue weighted by atomic mass is 16.6. The minimum absolute atomic E-state index is 0.00911. The SMILES string of the molecule is COC(=O)CO/N=C1\CCCC/C=C/C[C@@H](C(C)C)OC(=O)c2c(O)cc(O)cc2C1. The van der Waals surface area contributed by atoms with Crippen LogP contribution in [0.15, 0.2) is 29.4 Å². The number of oxime groups is 1. The summed E-state index contributed by atoms with van der Waals surface area (Å²) in [6.45, 7) is 3.60. The molecule has 1 aliphatic heterocycles. The van der Waals surface area contributed by atoms with Gasteiger partial charge in [0.15, 0.2) is 0 Å². The first kappa shape index (κ1) is 24.2. The van der Waals surface area contributed by atoms with Crippen molar-refractivity contribution < 1.29 is 34.1 Å². The number of nitrogens with zero attached hydrogens (tertiary/aromatic N) is 1. The summed E-state index contributed by atoms with van der Waals surface area (Å²) in [5.74, 6) is -1.67. The first-order valence-corrected chi connectivity index (χ1v) is 10.5. The van der Waals surface area contributed by atoms with Gasteiger partial charge in [0, 0.05) is 18.9 Å². The normalized spacial score (nSPS) is 20.5. The van der Waals surface area contributed by atoms with Crippen LogP contribution in [-0.2, 0) is 25.5 Å². The number of carbonyl (C=O) groups is 2. The summed E-state index contributed by atoms with van der Waals surface area (Å²) in [6, 6.07) is 2.51. The van der Waals surface area contributed by atoms with Crippen LogP contribution in [0, 0.1) is 5.92 Å². The van der Waals surface area contributed by atoms with Gasteiger partial charge in [-0.1, -0.05) is 31.2 Å². The van der Waals surface area contributed by atoms with Gasteiger partial charge in [-0.25, -0.2) is 9.59 Å². The van der Waals surface area contributed by atoms with Gasteiger partial charge in [-0.05, 0) is 43.2 Å². The monoisotopic (exact) mass is 433 g/mol. The van der Waals surface area contributed by atoms with E-state index in [9.17, 15) is 19.8 Å². The lowest BCUT2D eigenvalue weighted by atomic mass is 9.97. The highest BCUT2D eigenvalue weighted by Crippen LogP contribution is 2.30. The van der Waals surface area contributed by atoms with Crippen LogP contribution in [0.3, 0.4) is 0 Å². The van der Waals surface area contributed by atoms with Crippen LogP contribution in [0.5, 0.6) is 11.5 Å². The van der Waals surface area contributed by atoms with Gasteiger partial charge in [0.1, 0.15) is 23.2 Å². The van der Waals surface area contributed by atoms with E-state index in [-0.39, 0.29) is 42.1 Å². The smallest absolute Gasteiger partial charge is 0.346 e. The second kappa shape index (κ2) is 12.0. The molecule has 8 nitrogen and oxygen atoms in total. The van der Waals surface area contributed by atoms with Gasteiger partial charge in [0.25, 0.3) is 0 Å². The molecular weight excluding hydrogens is 402 g/mol. The van der Waals surface area contributed by atoms with E-state index < -0.39 is 11.9 Å². The zero-order valence-corrected chi connectivity index (χ0v) is 18.3. The Balaban J connectivity index is 2.39. The van der Waals surface area contributed by atoms with Gasteiger partial charge in [0.2, 0.25) is 6.61 Å². The van der Waals surface area contributed by atoms with E-state index in [1.807, 2.05) is 19.9 Å². The molecule has 0 saturated heterocycles. The number of phenols is 2. The average Bonchev–Trinajstić information content (AvgIpc) is 2.70. The molecule has 0 aromatic heterocycles. The number of cyclic esters (lactones) is 1. The Hall–Kier alpha value is -3.03. The van der Waals surface area contributed by atoms with Crippen molar-refractivity contribution in [2.24, 2.45) is 11.1 Å². The van der Waals surface area contributed by atoms with Crippen LogP contribution < -0.4 is 0 Å². The molecule has 1 aromatic rings. The van der Waals surface area contributed by atoms with E-state index in [2.05, 4.69) is 16.0 Å². The van der Waals surface area contributed by atoms with Gasteiger partial charge in [-0.15, -0.1) is 0 Å². The highest BCUT2D eigenvalue weighted by molar-refractivity contribution is 5.97. The topological polar surface area (TPSA) is 115 Å². The quantitative estimate of drug-likeness (QED) is 0.420. The summed E-state index contributed by atoms with van der Waals surface area (Å²) in [5, 5.41) is 24.4. The number of fused-ring (bicyclic) bond motifs is 1. The molecule has 170 valence electrons. The first-order valence-electron chi connectivity index (χ1n) is 10.5. The van der Waals surface area contributed by atoms with E-state index in [0.29, 0.717) is 24.1 Å². The van der Waals surface area contributed by atoms with Gasteiger partial charge < -0.3 is 24.5 Å². The van der Waals surface area contributed by atoms with Crippen molar-refractivity contribution in [1.82, 2.24) is 0 Å². The summed E-state index contributed by atoms with van der Waals surface area (Å²) < 4.78 is 10.2. The van der Waals surface area contributed by atoms with Crippen molar-refractivity contribution in [3.63, 3.8) is 0 Å². The van der Waals surface area contributed by atoms with Gasteiger partial charge >= 0.3 is 11.9 Å². The lowest BCUT2D eigenvalue weighted by Crippen LogP contribution is -2.24. The lowest BCUT2D eigenvalue weighted by Gasteiger charge is -2.22. The molecule has 1 heterocycles. The fraction of sp³-hybridized carbons (Fsp3) is 0.522. The molecule has 0 radical (unpaired) electrons. The summed E-state index contributed by atoms with van der Waals surface area (Å²) in [4.78, 5) is 29.4. The second-order valence-electron chi connectivity index (χ2n) is 7.82.